The number of fused-ring (bicyclic) bond motifs is 2. The Morgan fingerprint density at radius 1 is 0.844 bits per heavy atom. The number of sulfone groups is 1. The number of ether oxygens (including phenoxy) is 2. The first-order valence-electron chi connectivity index (χ1n) is 10.3. The SMILES string of the molecule is CC(C)(c1cc(-c2cccc(-c3ccc4c(c3)OCO4)c2)c2ncccc2c1)S(C)(=O)=O. The Kier molecular flexibility index (Phi) is 4.71. The molecule has 32 heavy (non-hydrogen) atoms. The monoisotopic (exact) mass is 445 g/mol. The number of rotatable bonds is 4. The lowest BCUT2D eigenvalue weighted by molar-refractivity contribution is 0.174. The van der Waals surface area contributed by atoms with Crippen molar-refractivity contribution in [1.29, 1.82) is 0 Å². The van der Waals surface area contributed by atoms with Crippen molar-refractivity contribution < 1.29 is 17.9 Å². The average Bonchev–Trinajstić information content (AvgIpc) is 3.25. The Morgan fingerprint density at radius 3 is 2.41 bits per heavy atom. The van der Waals surface area contributed by atoms with Gasteiger partial charge >= 0.3 is 0 Å². The fourth-order valence-corrected chi connectivity index (χ4v) is 4.46. The lowest BCUT2D eigenvalue weighted by Crippen LogP contribution is -2.28. The summed E-state index contributed by atoms with van der Waals surface area (Å²) in [7, 11) is -3.33. The fourth-order valence-electron chi connectivity index (χ4n) is 3.92. The molecule has 5 rings (SSSR count). The highest BCUT2D eigenvalue weighted by Crippen LogP contribution is 2.39. The number of aromatic nitrogens is 1. The molecule has 162 valence electrons. The van der Waals surface area contributed by atoms with Gasteiger partial charge in [-0.25, -0.2) is 8.42 Å². The summed E-state index contributed by atoms with van der Waals surface area (Å²) in [5.41, 5.74) is 5.48. The molecule has 1 aliphatic rings. The summed E-state index contributed by atoms with van der Waals surface area (Å²) in [6, 6.07) is 21.8. The molecule has 0 unspecified atom stereocenters. The molecule has 0 atom stereocenters. The van der Waals surface area contributed by atoms with Gasteiger partial charge in [-0.3, -0.25) is 4.98 Å². The molecular formula is C26H23NO4S. The van der Waals surface area contributed by atoms with Gasteiger partial charge < -0.3 is 9.47 Å². The molecule has 2 heterocycles. The van der Waals surface area contributed by atoms with Crippen LogP contribution in [0.3, 0.4) is 0 Å². The number of benzene rings is 3. The predicted octanol–water partition coefficient (Wildman–Crippen LogP) is 5.58. The second kappa shape index (κ2) is 7.35. The second-order valence-electron chi connectivity index (χ2n) is 8.53. The third-order valence-corrected chi connectivity index (χ3v) is 8.30. The molecule has 0 amide bonds. The van der Waals surface area contributed by atoms with E-state index in [-0.39, 0.29) is 6.79 Å². The molecule has 0 saturated heterocycles. The summed E-state index contributed by atoms with van der Waals surface area (Å²) in [4.78, 5) is 4.61. The Hall–Kier alpha value is -3.38. The molecule has 0 aliphatic carbocycles. The van der Waals surface area contributed by atoms with Crippen LogP contribution in [0.2, 0.25) is 0 Å². The molecule has 6 heteroatoms. The number of pyridine rings is 1. The van der Waals surface area contributed by atoms with Gasteiger partial charge in [0.25, 0.3) is 0 Å². The first-order valence-corrected chi connectivity index (χ1v) is 12.2. The highest BCUT2D eigenvalue weighted by Gasteiger charge is 2.33. The van der Waals surface area contributed by atoms with Crippen LogP contribution in [0.1, 0.15) is 19.4 Å². The van der Waals surface area contributed by atoms with E-state index in [0.717, 1.165) is 50.2 Å². The predicted molar refractivity (Wildman–Crippen MR) is 127 cm³/mol. The van der Waals surface area contributed by atoms with Crippen LogP contribution in [-0.2, 0) is 14.6 Å². The summed E-state index contributed by atoms with van der Waals surface area (Å²) in [5.74, 6) is 1.48. The largest absolute Gasteiger partial charge is 0.454 e. The molecule has 0 saturated carbocycles. The molecule has 0 spiro atoms. The van der Waals surface area contributed by atoms with E-state index in [4.69, 9.17) is 9.47 Å². The van der Waals surface area contributed by atoms with Crippen LogP contribution >= 0.6 is 0 Å². The normalized spacial score (nSPS) is 13.5. The van der Waals surface area contributed by atoms with Crippen molar-refractivity contribution in [3.8, 4) is 33.8 Å². The summed E-state index contributed by atoms with van der Waals surface area (Å²) in [6.07, 6.45) is 3.04. The van der Waals surface area contributed by atoms with Crippen molar-refractivity contribution in [1.82, 2.24) is 4.98 Å². The van der Waals surface area contributed by atoms with Crippen molar-refractivity contribution in [3.05, 3.63) is 78.5 Å². The van der Waals surface area contributed by atoms with Gasteiger partial charge in [0.05, 0.1) is 10.3 Å². The van der Waals surface area contributed by atoms with E-state index in [2.05, 4.69) is 11.1 Å². The minimum Gasteiger partial charge on any atom is -0.454 e. The van der Waals surface area contributed by atoms with Crippen molar-refractivity contribution >= 4 is 20.7 Å². The molecule has 3 aromatic carbocycles. The van der Waals surface area contributed by atoms with Crippen molar-refractivity contribution in [3.63, 3.8) is 0 Å². The molecule has 0 bridgehead atoms. The third-order valence-electron chi connectivity index (χ3n) is 6.21. The Balaban J connectivity index is 1.69. The Labute approximate surface area is 187 Å². The van der Waals surface area contributed by atoms with Crippen LogP contribution in [0.4, 0.5) is 0 Å². The molecule has 0 fully saturated rings. The fraction of sp³-hybridized carbons (Fsp3) is 0.192. The van der Waals surface area contributed by atoms with Gasteiger partial charge in [-0.05, 0) is 72.5 Å². The highest BCUT2D eigenvalue weighted by atomic mass is 32.2. The summed E-state index contributed by atoms with van der Waals surface area (Å²) < 4.78 is 35.0. The quantitative estimate of drug-likeness (QED) is 0.410. The standard InChI is InChI=1S/C26H23NO4S/c1-26(2,32(3,28)29)21-13-20-8-5-11-27-25(20)22(15-21)19-7-4-6-17(12-19)18-9-10-23-24(14-18)31-16-30-23/h4-15H,16H2,1-3H3. The number of nitrogens with zero attached hydrogens (tertiary/aromatic N) is 1. The smallest absolute Gasteiger partial charge is 0.231 e. The summed E-state index contributed by atoms with van der Waals surface area (Å²) in [5, 5.41) is 0.908. The van der Waals surface area contributed by atoms with Crippen molar-refractivity contribution in [2.24, 2.45) is 0 Å². The first kappa shape index (κ1) is 20.5. The summed E-state index contributed by atoms with van der Waals surface area (Å²) in [6.45, 7) is 3.72. The Bertz CT molecular complexity index is 1460. The van der Waals surface area contributed by atoms with E-state index in [1.54, 1.807) is 20.0 Å². The topological polar surface area (TPSA) is 65.5 Å². The van der Waals surface area contributed by atoms with Gasteiger partial charge in [-0.2, -0.15) is 0 Å². The van der Waals surface area contributed by atoms with Gasteiger partial charge in [0.1, 0.15) is 0 Å². The molecule has 4 aromatic rings. The van der Waals surface area contributed by atoms with Gasteiger partial charge in [0, 0.05) is 23.4 Å². The average molecular weight is 446 g/mol. The molecular weight excluding hydrogens is 422 g/mol. The van der Waals surface area contributed by atoms with Crippen molar-refractivity contribution in [2.45, 2.75) is 18.6 Å². The van der Waals surface area contributed by atoms with Crippen LogP contribution in [-0.4, -0.2) is 26.5 Å². The Morgan fingerprint density at radius 2 is 1.59 bits per heavy atom. The molecule has 1 aliphatic heterocycles. The third kappa shape index (κ3) is 3.41. The maximum atomic E-state index is 12.5. The number of hydrogen-bond acceptors (Lipinski definition) is 5. The van der Waals surface area contributed by atoms with Gasteiger partial charge in [0.15, 0.2) is 21.3 Å². The van der Waals surface area contributed by atoms with Gasteiger partial charge in [0.2, 0.25) is 6.79 Å². The van der Waals surface area contributed by atoms with Crippen LogP contribution < -0.4 is 9.47 Å². The summed E-state index contributed by atoms with van der Waals surface area (Å²) >= 11 is 0. The zero-order valence-corrected chi connectivity index (χ0v) is 18.9. The van der Waals surface area contributed by atoms with Crippen LogP contribution in [0.15, 0.2) is 72.9 Å². The van der Waals surface area contributed by atoms with E-state index in [1.807, 2.05) is 60.7 Å². The highest BCUT2D eigenvalue weighted by molar-refractivity contribution is 7.91. The molecule has 0 N–H and O–H groups in total. The van der Waals surface area contributed by atoms with E-state index < -0.39 is 14.6 Å². The van der Waals surface area contributed by atoms with Gasteiger partial charge in [-0.1, -0.05) is 30.3 Å². The lowest BCUT2D eigenvalue weighted by Gasteiger charge is -2.24. The second-order valence-corrected chi connectivity index (χ2v) is 11.1. The van der Waals surface area contributed by atoms with Crippen LogP contribution in [0, 0.1) is 0 Å². The van der Waals surface area contributed by atoms with E-state index in [9.17, 15) is 8.42 Å². The van der Waals surface area contributed by atoms with E-state index in [0.29, 0.717) is 0 Å². The van der Waals surface area contributed by atoms with E-state index in [1.165, 1.54) is 6.26 Å². The minimum absolute atomic E-state index is 0.236. The molecule has 5 nitrogen and oxygen atoms in total. The minimum atomic E-state index is -3.33. The van der Waals surface area contributed by atoms with Gasteiger partial charge in [-0.15, -0.1) is 0 Å². The maximum Gasteiger partial charge on any atom is 0.231 e. The first-order chi connectivity index (χ1) is 15.2. The van der Waals surface area contributed by atoms with Crippen LogP contribution in [0.25, 0.3) is 33.2 Å². The molecule has 0 radical (unpaired) electrons. The molecule has 1 aromatic heterocycles. The van der Waals surface area contributed by atoms with E-state index >= 15 is 0 Å². The zero-order chi connectivity index (χ0) is 22.5. The number of hydrogen-bond donors (Lipinski definition) is 0. The maximum absolute atomic E-state index is 12.5. The van der Waals surface area contributed by atoms with Crippen LogP contribution in [0.5, 0.6) is 11.5 Å². The zero-order valence-electron chi connectivity index (χ0n) is 18.1. The van der Waals surface area contributed by atoms with Crippen molar-refractivity contribution in [2.75, 3.05) is 13.0 Å². The lowest BCUT2D eigenvalue weighted by atomic mass is 9.92.